The molecule has 0 aromatic heterocycles. The molecule has 2 aromatic carbocycles. The van der Waals surface area contributed by atoms with E-state index in [0.717, 1.165) is 38.5 Å². The van der Waals surface area contributed by atoms with Gasteiger partial charge in [0.05, 0.1) is 6.61 Å². The van der Waals surface area contributed by atoms with Gasteiger partial charge in [-0.1, -0.05) is 36.4 Å². The van der Waals surface area contributed by atoms with Gasteiger partial charge in [-0.25, -0.2) is 0 Å². The maximum atomic E-state index is 8.91. The van der Waals surface area contributed by atoms with Gasteiger partial charge in [0.25, 0.3) is 0 Å². The molecule has 1 atom stereocenters. The summed E-state index contributed by atoms with van der Waals surface area (Å²) in [6.07, 6.45) is 3.73. The average Bonchev–Trinajstić information content (AvgIpc) is 2.73. The van der Waals surface area contributed by atoms with Crippen molar-refractivity contribution >= 4 is 0 Å². The Balaban J connectivity index is 1.28. The van der Waals surface area contributed by atoms with E-state index in [0.29, 0.717) is 12.6 Å². The minimum absolute atomic E-state index is 0.0534. The Morgan fingerprint density at radius 1 is 0.963 bits per heavy atom. The van der Waals surface area contributed by atoms with Gasteiger partial charge in [0.15, 0.2) is 0 Å². The molecule has 1 saturated heterocycles. The lowest BCUT2D eigenvalue weighted by atomic mass is 9.87. The number of nitrogens with zero attached hydrogens (tertiary/aromatic N) is 2. The van der Waals surface area contributed by atoms with Crippen molar-refractivity contribution in [3.63, 3.8) is 0 Å². The zero-order valence-electron chi connectivity index (χ0n) is 16.0. The molecule has 1 aliphatic carbocycles. The molecule has 0 amide bonds. The van der Waals surface area contributed by atoms with E-state index in [9.17, 15) is 0 Å². The lowest BCUT2D eigenvalue weighted by molar-refractivity contribution is 0.0856. The molecule has 1 aliphatic heterocycles. The molecule has 1 heterocycles. The Labute approximate surface area is 162 Å². The number of piperazine rings is 1. The molecule has 2 aliphatic rings. The molecule has 2 aromatic rings. The van der Waals surface area contributed by atoms with Crippen molar-refractivity contribution in [1.82, 2.24) is 9.80 Å². The standard InChI is InChI=1S/C23H30N2O2/c26-14-15-27-23-7-3-4-19(16-23)18-24-10-12-25(13-11-24)22-9-8-20-5-1-2-6-21(20)17-22/h1-7,16,22,26H,8-15,17-18H2. The normalized spacial score (nSPS) is 21.0. The van der Waals surface area contributed by atoms with Gasteiger partial charge in [-0.2, -0.15) is 0 Å². The van der Waals surface area contributed by atoms with E-state index in [1.165, 1.54) is 24.8 Å². The summed E-state index contributed by atoms with van der Waals surface area (Å²) in [6, 6.07) is 17.9. The van der Waals surface area contributed by atoms with Crippen molar-refractivity contribution in [2.24, 2.45) is 0 Å². The first-order valence-electron chi connectivity index (χ1n) is 10.2. The van der Waals surface area contributed by atoms with Crippen LogP contribution >= 0.6 is 0 Å². The predicted octanol–water partition coefficient (Wildman–Crippen LogP) is 2.73. The van der Waals surface area contributed by atoms with Gasteiger partial charge in [0.1, 0.15) is 12.4 Å². The molecule has 1 fully saturated rings. The number of hydrogen-bond acceptors (Lipinski definition) is 4. The highest BCUT2D eigenvalue weighted by atomic mass is 16.5. The van der Waals surface area contributed by atoms with Gasteiger partial charge in [0, 0.05) is 38.8 Å². The third-order valence-electron chi connectivity index (χ3n) is 5.91. The average molecular weight is 367 g/mol. The summed E-state index contributed by atoms with van der Waals surface area (Å²) < 4.78 is 5.53. The van der Waals surface area contributed by atoms with Crippen LogP contribution in [0.1, 0.15) is 23.1 Å². The third kappa shape index (κ3) is 4.70. The number of ether oxygens (including phenoxy) is 1. The molecule has 0 bridgehead atoms. The topological polar surface area (TPSA) is 35.9 Å². The molecule has 1 unspecified atom stereocenters. The maximum absolute atomic E-state index is 8.91. The summed E-state index contributed by atoms with van der Waals surface area (Å²) in [7, 11) is 0. The van der Waals surface area contributed by atoms with Crippen LogP contribution in [0, 0.1) is 0 Å². The van der Waals surface area contributed by atoms with E-state index in [-0.39, 0.29) is 6.61 Å². The van der Waals surface area contributed by atoms with Gasteiger partial charge >= 0.3 is 0 Å². The van der Waals surface area contributed by atoms with Crippen LogP contribution in [-0.4, -0.2) is 60.3 Å². The number of rotatable bonds is 6. The van der Waals surface area contributed by atoms with Crippen LogP contribution in [0.3, 0.4) is 0 Å². The minimum Gasteiger partial charge on any atom is -0.491 e. The van der Waals surface area contributed by atoms with Gasteiger partial charge in [-0.15, -0.1) is 0 Å². The molecular weight excluding hydrogens is 336 g/mol. The SMILES string of the molecule is OCCOc1cccc(CN2CCN(C3CCc4ccccc4C3)CC2)c1. The van der Waals surface area contributed by atoms with Crippen LogP contribution in [0.2, 0.25) is 0 Å². The van der Waals surface area contributed by atoms with E-state index < -0.39 is 0 Å². The van der Waals surface area contributed by atoms with E-state index in [1.54, 1.807) is 11.1 Å². The summed E-state index contributed by atoms with van der Waals surface area (Å²) in [5, 5.41) is 8.91. The second-order valence-electron chi connectivity index (χ2n) is 7.70. The van der Waals surface area contributed by atoms with Crippen molar-refractivity contribution in [1.29, 1.82) is 0 Å². The lowest BCUT2D eigenvalue weighted by Gasteiger charge is -2.41. The van der Waals surface area contributed by atoms with Crippen molar-refractivity contribution < 1.29 is 9.84 Å². The van der Waals surface area contributed by atoms with Crippen LogP contribution in [0.5, 0.6) is 5.75 Å². The Kier molecular flexibility index (Phi) is 6.07. The Morgan fingerprint density at radius 2 is 1.78 bits per heavy atom. The van der Waals surface area contributed by atoms with Crippen molar-refractivity contribution in [3.05, 3.63) is 65.2 Å². The van der Waals surface area contributed by atoms with E-state index in [1.807, 2.05) is 12.1 Å². The van der Waals surface area contributed by atoms with Crippen LogP contribution in [0.25, 0.3) is 0 Å². The Hall–Kier alpha value is -1.88. The number of aliphatic hydroxyl groups excluding tert-OH is 1. The van der Waals surface area contributed by atoms with Crippen molar-refractivity contribution in [2.45, 2.75) is 31.8 Å². The molecular formula is C23H30N2O2. The van der Waals surface area contributed by atoms with Gasteiger partial charge < -0.3 is 9.84 Å². The van der Waals surface area contributed by atoms with E-state index in [2.05, 4.69) is 46.2 Å². The number of aryl methyl sites for hydroxylation is 1. The lowest BCUT2D eigenvalue weighted by Crippen LogP contribution is -2.51. The monoisotopic (exact) mass is 366 g/mol. The third-order valence-corrected chi connectivity index (χ3v) is 5.91. The molecule has 0 radical (unpaired) electrons. The Morgan fingerprint density at radius 3 is 2.59 bits per heavy atom. The molecule has 4 nitrogen and oxygen atoms in total. The van der Waals surface area contributed by atoms with E-state index in [4.69, 9.17) is 9.84 Å². The summed E-state index contributed by atoms with van der Waals surface area (Å²) in [4.78, 5) is 5.24. The first kappa shape index (κ1) is 18.5. The maximum Gasteiger partial charge on any atom is 0.119 e. The summed E-state index contributed by atoms with van der Waals surface area (Å²) in [5.74, 6) is 0.848. The summed E-state index contributed by atoms with van der Waals surface area (Å²) in [5.41, 5.74) is 4.39. The first-order chi connectivity index (χ1) is 13.3. The highest BCUT2D eigenvalue weighted by Crippen LogP contribution is 2.25. The van der Waals surface area contributed by atoms with Crippen LogP contribution in [-0.2, 0) is 19.4 Å². The van der Waals surface area contributed by atoms with Gasteiger partial charge in [-0.05, 0) is 48.1 Å². The molecule has 0 saturated carbocycles. The molecule has 0 spiro atoms. The molecule has 4 heteroatoms. The number of hydrogen-bond donors (Lipinski definition) is 1. The largest absolute Gasteiger partial charge is 0.491 e. The molecule has 1 N–H and O–H groups in total. The molecule has 4 rings (SSSR count). The number of fused-ring (bicyclic) bond motifs is 1. The molecule has 27 heavy (non-hydrogen) atoms. The fourth-order valence-electron chi connectivity index (χ4n) is 4.43. The first-order valence-corrected chi connectivity index (χ1v) is 10.2. The minimum atomic E-state index is 0.0534. The zero-order valence-corrected chi connectivity index (χ0v) is 16.0. The van der Waals surface area contributed by atoms with Crippen molar-refractivity contribution in [2.75, 3.05) is 39.4 Å². The zero-order chi connectivity index (χ0) is 18.5. The smallest absolute Gasteiger partial charge is 0.119 e. The van der Waals surface area contributed by atoms with Crippen LogP contribution in [0.4, 0.5) is 0 Å². The number of aliphatic hydroxyl groups is 1. The van der Waals surface area contributed by atoms with Crippen LogP contribution in [0.15, 0.2) is 48.5 Å². The van der Waals surface area contributed by atoms with E-state index >= 15 is 0 Å². The second-order valence-corrected chi connectivity index (χ2v) is 7.70. The van der Waals surface area contributed by atoms with Crippen LogP contribution < -0.4 is 4.74 Å². The fraction of sp³-hybridized carbons (Fsp3) is 0.478. The van der Waals surface area contributed by atoms with Gasteiger partial charge in [-0.3, -0.25) is 9.80 Å². The van der Waals surface area contributed by atoms with Gasteiger partial charge in [0.2, 0.25) is 0 Å². The highest BCUT2D eigenvalue weighted by molar-refractivity contribution is 5.30. The van der Waals surface area contributed by atoms with Crippen molar-refractivity contribution in [3.8, 4) is 5.75 Å². The molecule has 144 valence electrons. The quantitative estimate of drug-likeness (QED) is 0.853. The summed E-state index contributed by atoms with van der Waals surface area (Å²) in [6.45, 7) is 5.95. The fourth-order valence-corrected chi connectivity index (χ4v) is 4.43. The summed E-state index contributed by atoms with van der Waals surface area (Å²) >= 11 is 0. The second kappa shape index (κ2) is 8.87. The number of benzene rings is 2. The predicted molar refractivity (Wildman–Crippen MR) is 108 cm³/mol. The highest BCUT2D eigenvalue weighted by Gasteiger charge is 2.27. The Bertz CT molecular complexity index is 741.